The molecule has 1 rings (SSSR count). The van der Waals surface area contributed by atoms with Crippen LogP contribution in [0.1, 0.15) is 13.3 Å². The fourth-order valence-electron chi connectivity index (χ4n) is 0.975. The van der Waals surface area contributed by atoms with Crippen LogP contribution in [0.4, 0.5) is 15.8 Å². The van der Waals surface area contributed by atoms with Gasteiger partial charge in [-0.05, 0) is 28.4 Å². The van der Waals surface area contributed by atoms with Crippen molar-refractivity contribution in [2.24, 2.45) is 0 Å². The lowest BCUT2D eigenvalue weighted by Gasteiger charge is -2.08. The van der Waals surface area contributed by atoms with Crippen LogP contribution in [0.2, 0.25) is 0 Å². The molecule has 0 heterocycles. The molecule has 1 aromatic carbocycles. The van der Waals surface area contributed by atoms with Crippen LogP contribution in [0.3, 0.4) is 0 Å². The maximum Gasteiger partial charge on any atom is 0.139 e. The molecule has 0 aliphatic rings. The smallest absolute Gasteiger partial charge is 0.139 e. The van der Waals surface area contributed by atoms with E-state index in [0.717, 1.165) is 18.7 Å². The summed E-state index contributed by atoms with van der Waals surface area (Å²) in [6.45, 7) is 2.89. The van der Waals surface area contributed by atoms with Gasteiger partial charge in [-0.25, -0.2) is 4.39 Å². The van der Waals surface area contributed by atoms with Gasteiger partial charge >= 0.3 is 0 Å². The lowest BCUT2D eigenvalue weighted by Crippen LogP contribution is -2.03. The highest BCUT2D eigenvalue weighted by atomic mass is 79.9. The number of benzene rings is 1. The first-order chi connectivity index (χ1) is 6.15. The molecule has 0 aromatic heterocycles. The van der Waals surface area contributed by atoms with E-state index in [1.807, 2.05) is 0 Å². The van der Waals surface area contributed by atoms with E-state index in [9.17, 15) is 4.39 Å². The van der Waals surface area contributed by atoms with Crippen LogP contribution in [0.25, 0.3) is 0 Å². The van der Waals surface area contributed by atoms with Gasteiger partial charge in [0.05, 0.1) is 15.8 Å². The number of hydrogen-bond donors (Lipinski definition) is 2. The first kappa shape index (κ1) is 10.3. The van der Waals surface area contributed by atoms with E-state index in [1.165, 1.54) is 6.07 Å². The van der Waals surface area contributed by atoms with Gasteiger partial charge in [0.1, 0.15) is 5.82 Å². The van der Waals surface area contributed by atoms with Gasteiger partial charge in [-0.15, -0.1) is 0 Å². The number of anilines is 2. The van der Waals surface area contributed by atoms with Crippen molar-refractivity contribution < 1.29 is 4.39 Å². The fraction of sp³-hybridized carbons (Fsp3) is 0.333. The minimum absolute atomic E-state index is 0.334. The van der Waals surface area contributed by atoms with Crippen LogP contribution >= 0.6 is 15.9 Å². The third-order valence-electron chi connectivity index (χ3n) is 1.66. The summed E-state index contributed by atoms with van der Waals surface area (Å²) < 4.78 is 13.4. The lowest BCUT2D eigenvalue weighted by molar-refractivity contribution is 0.622. The van der Waals surface area contributed by atoms with E-state index in [4.69, 9.17) is 5.73 Å². The zero-order chi connectivity index (χ0) is 9.84. The van der Waals surface area contributed by atoms with Gasteiger partial charge in [-0.1, -0.05) is 6.92 Å². The Bertz CT molecular complexity index is 302. The molecule has 0 aliphatic heterocycles. The molecule has 0 amide bonds. The molecule has 0 aliphatic carbocycles. The van der Waals surface area contributed by atoms with Crippen molar-refractivity contribution in [3.05, 3.63) is 22.4 Å². The Morgan fingerprint density at radius 2 is 2.23 bits per heavy atom. The van der Waals surface area contributed by atoms with Gasteiger partial charge in [-0.2, -0.15) is 0 Å². The molecule has 0 unspecified atom stereocenters. The fourth-order valence-corrected chi connectivity index (χ4v) is 1.32. The van der Waals surface area contributed by atoms with E-state index >= 15 is 0 Å². The van der Waals surface area contributed by atoms with E-state index in [1.54, 1.807) is 6.07 Å². The molecule has 4 heteroatoms. The topological polar surface area (TPSA) is 38.0 Å². The second kappa shape index (κ2) is 4.46. The van der Waals surface area contributed by atoms with Gasteiger partial charge in [0.2, 0.25) is 0 Å². The number of nitrogens with one attached hydrogen (secondary N) is 1. The van der Waals surface area contributed by atoms with Crippen LogP contribution in [-0.4, -0.2) is 6.54 Å². The molecule has 0 saturated carbocycles. The standard InChI is InChI=1S/C9H12BrFN2/c1-2-3-13-9-4-6(10)7(11)5-8(9)12/h4-5,13H,2-3,12H2,1H3. The predicted molar refractivity (Wildman–Crippen MR) is 57.3 cm³/mol. The number of hydrogen-bond acceptors (Lipinski definition) is 2. The van der Waals surface area contributed by atoms with Crippen LogP contribution < -0.4 is 11.1 Å². The molecule has 13 heavy (non-hydrogen) atoms. The largest absolute Gasteiger partial charge is 0.397 e. The SMILES string of the molecule is CCCNc1cc(Br)c(F)cc1N. The molecular formula is C9H12BrFN2. The Labute approximate surface area is 85.4 Å². The molecule has 3 N–H and O–H groups in total. The van der Waals surface area contributed by atoms with Gasteiger partial charge < -0.3 is 11.1 Å². The molecule has 72 valence electrons. The molecule has 1 aromatic rings. The Hall–Kier alpha value is -0.770. The van der Waals surface area contributed by atoms with Gasteiger partial charge in [-0.3, -0.25) is 0 Å². The average Bonchev–Trinajstić information content (AvgIpc) is 2.09. The minimum atomic E-state index is -0.334. The number of rotatable bonds is 3. The number of nitrogen functional groups attached to an aromatic ring is 1. The minimum Gasteiger partial charge on any atom is -0.397 e. The van der Waals surface area contributed by atoms with Crippen molar-refractivity contribution in [1.82, 2.24) is 0 Å². The summed E-state index contributed by atoms with van der Waals surface area (Å²) in [5.74, 6) is -0.334. The molecule has 0 spiro atoms. The third-order valence-corrected chi connectivity index (χ3v) is 2.27. The molecule has 0 fully saturated rings. The average molecular weight is 247 g/mol. The van der Waals surface area contributed by atoms with E-state index in [-0.39, 0.29) is 5.82 Å². The number of nitrogens with two attached hydrogens (primary N) is 1. The van der Waals surface area contributed by atoms with Gasteiger partial charge in [0, 0.05) is 12.6 Å². The predicted octanol–water partition coefficient (Wildman–Crippen LogP) is 2.99. The van der Waals surface area contributed by atoms with Crippen LogP contribution in [-0.2, 0) is 0 Å². The van der Waals surface area contributed by atoms with Crippen molar-refractivity contribution in [3.63, 3.8) is 0 Å². The summed E-state index contributed by atoms with van der Waals surface area (Å²) in [7, 11) is 0. The second-order valence-corrected chi connectivity index (χ2v) is 3.63. The van der Waals surface area contributed by atoms with Crippen LogP contribution in [0, 0.1) is 5.82 Å². The van der Waals surface area contributed by atoms with E-state index in [0.29, 0.717) is 10.2 Å². The summed E-state index contributed by atoms with van der Waals surface area (Å²) in [6.07, 6.45) is 1.01. The van der Waals surface area contributed by atoms with E-state index < -0.39 is 0 Å². The van der Waals surface area contributed by atoms with Crippen molar-refractivity contribution in [1.29, 1.82) is 0 Å². The normalized spacial score (nSPS) is 10.1. The highest BCUT2D eigenvalue weighted by molar-refractivity contribution is 9.10. The zero-order valence-electron chi connectivity index (χ0n) is 7.40. The lowest BCUT2D eigenvalue weighted by atomic mass is 10.2. The third kappa shape index (κ3) is 2.59. The summed E-state index contributed by atoms with van der Waals surface area (Å²) in [5, 5.41) is 3.11. The highest BCUT2D eigenvalue weighted by Crippen LogP contribution is 2.26. The van der Waals surface area contributed by atoms with Crippen molar-refractivity contribution >= 4 is 27.3 Å². The molecule has 0 radical (unpaired) electrons. The summed E-state index contributed by atoms with van der Waals surface area (Å²) >= 11 is 3.10. The van der Waals surface area contributed by atoms with Crippen molar-refractivity contribution in [3.8, 4) is 0 Å². The maximum absolute atomic E-state index is 12.9. The van der Waals surface area contributed by atoms with E-state index in [2.05, 4.69) is 28.2 Å². The maximum atomic E-state index is 12.9. The first-order valence-corrected chi connectivity index (χ1v) is 4.92. The Balaban J connectivity index is 2.88. The van der Waals surface area contributed by atoms with Crippen molar-refractivity contribution in [2.75, 3.05) is 17.6 Å². The monoisotopic (exact) mass is 246 g/mol. The van der Waals surface area contributed by atoms with Gasteiger partial charge in [0.15, 0.2) is 0 Å². The molecule has 0 saturated heterocycles. The Morgan fingerprint density at radius 3 is 2.85 bits per heavy atom. The quantitative estimate of drug-likeness (QED) is 0.806. The van der Waals surface area contributed by atoms with Crippen LogP contribution in [0.15, 0.2) is 16.6 Å². The summed E-state index contributed by atoms with van der Waals surface area (Å²) in [5.41, 5.74) is 6.82. The highest BCUT2D eigenvalue weighted by Gasteiger charge is 2.04. The van der Waals surface area contributed by atoms with Crippen molar-refractivity contribution in [2.45, 2.75) is 13.3 Å². The molecule has 0 atom stereocenters. The summed E-state index contributed by atoms with van der Waals surface area (Å²) in [4.78, 5) is 0. The molecule has 2 nitrogen and oxygen atoms in total. The zero-order valence-corrected chi connectivity index (χ0v) is 8.99. The Morgan fingerprint density at radius 1 is 1.54 bits per heavy atom. The summed E-state index contributed by atoms with van der Waals surface area (Å²) in [6, 6.07) is 2.96. The van der Waals surface area contributed by atoms with Crippen LogP contribution in [0.5, 0.6) is 0 Å². The van der Waals surface area contributed by atoms with Gasteiger partial charge in [0.25, 0.3) is 0 Å². The Kier molecular flexibility index (Phi) is 3.54. The number of halogens is 2. The second-order valence-electron chi connectivity index (χ2n) is 2.78. The molecule has 0 bridgehead atoms. The first-order valence-electron chi connectivity index (χ1n) is 4.13. The molecular weight excluding hydrogens is 235 g/mol.